The van der Waals surface area contributed by atoms with Crippen LogP contribution in [0.2, 0.25) is 0 Å². The van der Waals surface area contributed by atoms with Crippen LogP contribution in [0.3, 0.4) is 0 Å². The van der Waals surface area contributed by atoms with Gasteiger partial charge in [0.15, 0.2) is 0 Å². The number of H-pyrrole nitrogens is 1. The van der Waals surface area contributed by atoms with Crippen LogP contribution >= 0.6 is 15.9 Å². The number of carboxylic acid groups (broad SMARTS) is 1. The fourth-order valence-corrected chi connectivity index (χ4v) is 3.37. The lowest BCUT2D eigenvalue weighted by atomic mass is 9.94. The molecule has 1 saturated heterocycles. The Kier molecular flexibility index (Phi) is 3.92. The molecule has 0 spiro atoms. The van der Waals surface area contributed by atoms with E-state index in [4.69, 9.17) is 9.84 Å². The van der Waals surface area contributed by atoms with Crippen molar-refractivity contribution >= 4 is 38.7 Å². The van der Waals surface area contributed by atoms with E-state index in [0.717, 1.165) is 10.9 Å². The lowest BCUT2D eigenvalue weighted by molar-refractivity contribution is -0.138. The summed E-state index contributed by atoms with van der Waals surface area (Å²) in [5.41, 5.74) is 0.381. The summed E-state index contributed by atoms with van der Waals surface area (Å²) in [6.45, 7) is 0.657. The first-order chi connectivity index (χ1) is 10.5. The largest absolute Gasteiger partial charge is 0.481 e. The van der Waals surface area contributed by atoms with Crippen LogP contribution in [0.1, 0.15) is 23.3 Å². The van der Waals surface area contributed by atoms with Gasteiger partial charge in [0.05, 0.1) is 23.0 Å². The Morgan fingerprint density at radius 2 is 2.18 bits per heavy atom. The lowest BCUT2D eigenvalue weighted by Crippen LogP contribution is -2.50. The molecule has 22 heavy (non-hydrogen) atoms. The molecule has 3 N–H and O–H groups in total. The molecule has 1 fully saturated rings. The molecule has 1 unspecified atom stereocenters. The Morgan fingerprint density at radius 1 is 1.41 bits per heavy atom. The quantitative estimate of drug-likeness (QED) is 0.773. The van der Waals surface area contributed by atoms with E-state index in [1.165, 1.54) is 0 Å². The second kappa shape index (κ2) is 5.73. The average molecular weight is 367 g/mol. The van der Waals surface area contributed by atoms with Crippen LogP contribution < -0.4 is 5.32 Å². The van der Waals surface area contributed by atoms with Crippen LogP contribution in [0, 0.1) is 0 Å². The number of aliphatic carboxylic acids is 1. The van der Waals surface area contributed by atoms with Gasteiger partial charge in [-0.3, -0.25) is 9.59 Å². The molecule has 1 aliphatic heterocycles. The molecular formula is C15H15BrN2O4. The minimum atomic E-state index is -0.957. The van der Waals surface area contributed by atoms with Crippen LogP contribution in [0.25, 0.3) is 10.9 Å². The Bertz CT molecular complexity index is 734. The van der Waals surface area contributed by atoms with Gasteiger partial charge in [0.25, 0.3) is 5.91 Å². The zero-order chi connectivity index (χ0) is 15.7. The van der Waals surface area contributed by atoms with Crippen LogP contribution in [0.4, 0.5) is 0 Å². The Labute approximate surface area is 135 Å². The van der Waals surface area contributed by atoms with E-state index in [1.807, 2.05) is 24.3 Å². The number of rotatable bonds is 4. The van der Waals surface area contributed by atoms with Gasteiger partial charge in [-0.1, -0.05) is 18.2 Å². The molecule has 6 nitrogen and oxygen atoms in total. The summed E-state index contributed by atoms with van der Waals surface area (Å²) in [5, 5.41) is 12.8. The molecule has 1 aromatic carbocycles. The molecule has 0 aliphatic carbocycles. The van der Waals surface area contributed by atoms with E-state index < -0.39 is 11.5 Å². The third-order valence-electron chi connectivity index (χ3n) is 3.84. The molecule has 1 amide bonds. The van der Waals surface area contributed by atoms with Crippen molar-refractivity contribution in [3.05, 3.63) is 34.4 Å². The van der Waals surface area contributed by atoms with Gasteiger partial charge in [-0.05, 0) is 28.4 Å². The van der Waals surface area contributed by atoms with Crippen molar-refractivity contribution in [3.8, 4) is 0 Å². The van der Waals surface area contributed by atoms with Crippen molar-refractivity contribution < 1.29 is 19.4 Å². The minimum Gasteiger partial charge on any atom is -0.481 e. The number of benzene rings is 1. The van der Waals surface area contributed by atoms with E-state index in [2.05, 4.69) is 26.2 Å². The van der Waals surface area contributed by atoms with Crippen LogP contribution in [-0.4, -0.2) is 40.7 Å². The number of carbonyl (C=O) groups excluding carboxylic acids is 1. The van der Waals surface area contributed by atoms with Gasteiger partial charge in [0.2, 0.25) is 0 Å². The summed E-state index contributed by atoms with van der Waals surface area (Å²) in [4.78, 5) is 26.7. The lowest BCUT2D eigenvalue weighted by Gasteiger charge is -2.26. The van der Waals surface area contributed by atoms with Crippen molar-refractivity contribution in [1.82, 2.24) is 10.3 Å². The van der Waals surface area contributed by atoms with Crippen molar-refractivity contribution in [2.24, 2.45) is 0 Å². The predicted octanol–water partition coefficient (Wildman–Crippen LogP) is 2.29. The van der Waals surface area contributed by atoms with Gasteiger partial charge >= 0.3 is 5.97 Å². The standard InChI is InChI=1S/C15H15BrN2O4/c16-12-9-3-1-2-4-10(9)17-13(12)14(21)18-15(7-11(19)20)5-6-22-8-15/h1-4,17H,5-8H2,(H,18,21)(H,19,20). The van der Waals surface area contributed by atoms with E-state index in [0.29, 0.717) is 23.2 Å². The van der Waals surface area contributed by atoms with Crippen molar-refractivity contribution in [2.75, 3.05) is 13.2 Å². The minimum absolute atomic E-state index is 0.156. The third-order valence-corrected chi connectivity index (χ3v) is 4.67. The van der Waals surface area contributed by atoms with Crippen LogP contribution in [0.15, 0.2) is 28.7 Å². The number of ether oxygens (including phenoxy) is 1. The Balaban J connectivity index is 1.89. The molecule has 1 aromatic heterocycles. The molecule has 1 aliphatic rings. The number of aromatic nitrogens is 1. The normalized spacial score (nSPS) is 21.1. The molecule has 2 aromatic rings. The van der Waals surface area contributed by atoms with Crippen molar-refractivity contribution in [2.45, 2.75) is 18.4 Å². The highest BCUT2D eigenvalue weighted by atomic mass is 79.9. The number of fused-ring (bicyclic) bond motifs is 1. The summed E-state index contributed by atoms with van der Waals surface area (Å²) in [7, 11) is 0. The first-order valence-electron chi connectivity index (χ1n) is 6.89. The van der Waals surface area contributed by atoms with Gasteiger partial charge in [-0.2, -0.15) is 0 Å². The predicted molar refractivity (Wildman–Crippen MR) is 83.9 cm³/mol. The average Bonchev–Trinajstić information content (AvgIpc) is 3.04. The summed E-state index contributed by atoms with van der Waals surface area (Å²) >= 11 is 3.43. The van der Waals surface area contributed by atoms with E-state index in [-0.39, 0.29) is 18.9 Å². The molecular weight excluding hydrogens is 352 g/mol. The number of para-hydroxylation sites is 1. The first-order valence-corrected chi connectivity index (χ1v) is 7.68. The number of amides is 1. The molecule has 0 saturated carbocycles. The number of carboxylic acids is 1. The molecule has 116 valence electrons. The fourth-order valence-electron chi connectivity index (χ4n) is 2.75. The molecule has 0 bridgehead atoms. The van der Waals surface area contributed by atoms with Gasteiger partial charge in [0.1, 0.15) is 5.69 Å². The Morgan fingerprint density at radius 3 is 2.82 bits per heavy atom. The summed E-state index contributed by atoms with van der Waals surface area (Å²) in [6, 6.07) is 7.55. The van der Waals surface area contributed by atoms with Crippen LogP contribution in [0.5, 0.6) is 0 Å². The number of hydrogen-bond acceptors (Lipinski definition) is 3. The van der Waals surface area contributed by atoms with Gasteiger partial charge in [-0.25, -0.2) is 0 Å². The second-order valence-corrected chi connectivity index (χ2v) is 6.26. The molecule has 0 radical (unpaired) electrons. The highest BCUT2D eigenvalue weighted by Crippen LogP contribution is 2.29. The van der Waals surface area contributed by atoms with Crippen molar-refractivity contribution in [1.29, 1.82) is 0 Å². The maximum atomic E-state index is 12.6. The zero-order valence-electron chi connectivity index (χ0n) is 11.7. The highest BCUT2D eigenvalue weighted by Gasteiger charge is 2.39. The topological polar surface area (TPSA) is 91.4 Å². The first kappa shape index (κ1) is 15.1. The highest BCUT2D eigenvalue weighted by molar-refractivity contribution is 9.10. The maximum absolute atomic E-state index is 12.6. The van der Waals surface area contributed by atoms with Gasteiger partial charge in [0, 0.05) is 17.5 Å². The monoisotopic (exact) mass is 366 g/mol. The zero-order valence-corrected chi connectivity index (χ0v) is 13.3. The van der Waals surface area contributed by atoms with E-state index >= 15 is 0 Å². The SMILES string of the molecule is O=C(O)CC1(NC(=O)c2[nH]c3ccccc3c2Br)CCOC1. The third kappa shape index (κ3) is 2.74. The van der Waals surface area contributed by atoms with E-state index in [1.54, 1.807) is 0 Å². The molecule has 2 heterocycles. The number of hydrogen-bond donors (Lipinski definition) is 3. The summed E-state index contributed by atoms with van der Waals surface area (Å²) < 4.78 is 5.96. The maximum Gasteiger partial charge on any atom is 0.305 e. The smallest absolute Gasteiger partial charge is 0.305 e. The van der Waals surface area contributed by atoms with Gasteiger partial charge < -0.3 is 20.1 Å². The second-order valence-electron chi connectivity index (χ2n) is 5.47. The van der Waals surface area contributed by atoms with Gasteiger partial charge in [-0.15, -0.1) is 0 Å². The molecule has 3 rings (SSSR count). The molecule has 1 atom stereocenters. The van der Waals surface area contributed by atoms with Crippen molar-refractivity contribution in [3.63, 3.8) is 0 Å². The Hall–Kier alpha value is -1.86. The number of halogens is 1. The summed E-state index contributed by atoms with van der Waals surface area (Å²) in [5.74, 6) is -1.30. The number of aromatic amines is 1. The van der Waals surface area contributed by atoms with E-state index in [9.17, 15) is 9.59 Å². The number of carbonyl (C=O) groups is 2. The fraction of sp³-hybridized carbons (Fsp3) is 0.333. The van der Waals surface area contributed by atoms with Crippen LogP contribution in [-0.2, 0) is 9.53 Å². The molecule has 7 heteroatoms. The number of nitrogens with one attached hydrogen (secondary N) is 2. The summed E-state index contributed by atoms with van der Waals surface area (Å²) in [6.07, 6.45) is 0.333.